The van der Waals surface area contributed by atoms with Crippen molar-refractivity contribution in [1.29, 1.82) is 0 Å². The fourth-order valence-electron chi connectivity index (χ4n) is 2.74. The zero-order valence-corrected chi connectivity index (χ0v) is 13.5. The molecule has 0 radical (unpaired) electrons. The molecule has 0 saturated heterocycles. The van der Waals surface area contributed by atoms with Crippen LogP contribution in [0.3, 0.4) is 0 Å². The minimum absolute atomic E-state index is 0.128. The highest BCUT2D eigenvalue weighted by Gasteiger charge is 2.26. The number of para-hydroxylation sites is 1. The first-order valence-electron chi connectivity index (χ1n) is 8.13. The van der Waals surface area contributed by atoms with Gasteiger partial charge in [0, 0.05) is 5.56 Å². The van der Waals surface area contributed by atoms with Crippen LogP contribution >= 0.6 is 0 Å². The van der Waals surface area contributed by atoms with Crippen LogP contribution in [0.2, 0.25) is 0 Å². The Labute approximate surface area is 146 Å². The van der Waals surface area contributed by atoms with Crippen molar-refractivity contribution in [3.05, 3.63) is 95.6 Å². The Morgan fingerprint density at radius 2 is 1.60 bits per heavy atom. The zero-order valence-electron chi connectivity index (χ0n) is 13.5. The highest BCUT2D eigenvalue weighted by molar-refractivity contribution is 5.97. The summed E-state index contributed by atoms with van der Waals surface area (Å²) < 4.78 is 11.7. The normalized spacial score (nSPS) is 15.7. The van der Waals surface area contributed by atoms with E-state index in [0.717, 1.165) is 16.9 Å². The maximum atomic E-state index is 12.2. The van der Waals surface area contributed by atoms with Gasteiger partial charge in [0.1, 0.15) is 18.1 Å². The van der Waals surface area contributed by atoms with Gasteiger partial charge < -0.3 is 14.8 Å². The largest absolute Gasteiger partial charge is 0.489 e. The van der Waals surface area contributed by atoms with E-state index in [1.165, 1.54) is 0 Å². The molecule has 1 heterocycles. The number of hydrogen-bond donors (Lipinski definition) is 1. The number of nitrogens with one attached hydrogen (secondary N) is 1. The van der Waals surface area contributed by atoms with Gasteiger partial charge >= 0.3 is 0 Å². The Morgan fingerprint density at radius 3 is 2.40 bits per heavy atom. The van der Waals surface area contributed by atoms with E-state index in [9.17, 15) is 4.79 Å². The zero-order chi connectivity index (χ0) is 17.1. The Bertz CT molecular complexity index is 875. The van der Waals surface area contributed by atoms with Gasteiger partial charge in [-0.2, -0.15) is 0 Å². The van der Waals surface area contributed by atoms with E-state index >= 15 is 0 Å². The number of amides is 1. The summed E-state index contributed by atoms with van der Waals surface area (Å²) >= 11 is 0. The number of ether oxygens (including phenoxy) is 2. The molecule has 0 aromatic heterocycles. The van der Waals surface area contributed by atoms with Crippen molar-refractivity contribution in [1.82, 2.24) is 5.32 Å². The molecule has 3 aromatic carbocycles. The number of benzene rings is 3. The van der Waals surface area contributed by atoms with Crippen LogP contribution in [-0.4, -0.2) is 5.91 Å². The molecule has 1 unspecified atom stereocenters. The summed E-state index contributed by atoms with van der Waals surface area (Å²) in [6, 6.07) is 24.8. The third-order valence-corrected chi connectivity index (χ3v) is 4.07. The molecule has 1 aliphatic rings. The molecule has 4 heteroatoms. The molecule has 1 N–H and O–H groups in total. The fourth-order valence-corrected chi connectivity index (χ4v) is 2.74. The topological polar surface area (TPSA) is 47.6 Å². The summed E-state index contributed by atoms with van der Waals surface area (Å²) in [4.78, 5) is 12.2. The van der Waals surface area contributed by atoms with Crippen molar-refractivity contribution < 1.29 is 14.3 Å². The van der Waals surface area contributed by atoms with Gasteiger partial charge in [-0.15, -0.1) is 0 Å². The molecule has 4 nitrogen and oxygen atoms in total. The second kappa shape index (κ2) is 6.69. The first-order valence-corrected chi connectivity index (χ1v) is 8.13. The Balaban J connectivity index is 1.45. The van der Waals surface area contributed by atoms with Crippen LogP contribution in [0.1, 0.15) is 27.7 Å². The molecule has 1 atom stereocenters. The number of fused-ring (bicyclic) bond motifs is 1. The third kappa shape index (κ3) is 3.33. The van der Waals surface area contributed by atoms with Gasteiger partial charge in [0.05, 0.1) is 5.56 Å². The fraction of sp³-hybridized carbons (Fsp3) is 0.0952. The molecule has 0 aliphatic carbocycles. The predicted molar refractivity (Wildman–Crippen MR) is 94.5 cm³/mol. The van der Waals surface area contributed by atoms with Crippen molar-refractivity contribution in [3.8, 4) is 11.5 Å². The molecular formula is C21H17NO3. The molecule has 1 aliphatic heterocycles. The number of carbonyl (C=O) groups excluding carboxylic acids is 1. The second-order valence-corrected chi connectivity index (χ2v) is 5.81. The molecule has 3 aromatic rings. The van der Waals surface area contributed by atoms with Crippen LogP contribution in [0.5, 0.6) is 11.5 Å². The lowest BCUT2D eigenvalue weighted by Gasteiger charge is -2.27. The minimum Gasteiger partial charge on any atom is -0.489 e. The SMILES string of the molecule is O=C1NC(c2ccc(OCc3ccccc3)cc2)Oc2ccccc21. The Kier molecular flexibility index (Phi) is 4.09. The van der Waals surface area contributed by atoms with Crippen molar-refractivity contribution in [2.45, 2.75) is 12.8 Å². The number of carbonyl (C=O) groups is 1. The van der Waals surface area contributed by atoms with E-state index in [4.69, 9.17) is 9.47 Å². The molecule has 124 valence electrons. The summed E-state index contributed by atoms with van der Waals surface area (Å²) in [7, 11) is 0. The number of rotatable bonds is 4. The van der Waals surface area contributed by atoms with E-state index < -0.39 is 6.23 Å². The maximum Gasteiger partial charge on any atom is 0.258 e. The highest BCUT2D eigenvalue weighted by Crippen LogP contribution is 2.29. The van der Waals surface area contributed by atoms with Gasteiger partial charge in [-0.3, -0.25) is 4.79 Å². The van der Waals surface area contributed by atoms with Gasteiger partial charge in [0.15, 0.2) is 6.23 Å². The lowest BCUT2D eigenvalue weighted by Crippen LogP contribution is -2.36. The van der Waals surface area contributed by atoms with Crippen molar-refractivity contribution in [2.75, 3.05) is 0 Å². The van der Waals surface area contributed by atoms with Gasteiger partial charge in [-0.05, 0) is 42.0 Å². The summed E-state index contributed by atoms with van der Waals surface area (Å²) in [5.74, 6) is 1.24. The van der Waals surface area contributed by atoms with Gasteiger partial charge in [-0.25, -0.2) is 0 Å². The van der Waals surface area contributed by atoms with Gasteiger partial charge in [0.2, 0.25) is 0 Å². The molecule has 0 saturated carbocycles. The molecule has 0 spiro atoms. The van der Waals surface area contributed by atoms with Gasteiger partial charge in [0.25, 0.3) is 5.91 Å². The van der Waals surface area contributed by atoms with Crippen LogP contribution in [-0.2, 0) is 6.61 Å². The molecule has 4 rings (SSSR count). The van der Waals surface area contributed by atoms with E-state index in [1.54, 1.807) is 12.1 Å². The van der Waals surface area contributed by atoms with E-state index in [1.807, 2.05) is 66.7 Å². The van der Waals surface area contributed by atoms with Crippen LogP contribution in [0.15, 0.2) is 78.9 Å². The van der Waals surface area contributed by atoms with Crippen LogP contribution in [0.25, 0.3) is 0 Å². The summed E-state index contributed by atoms with van der Waals surface area (Å²) in [6.45, 7) is 0.518. The van der Waals surface area contributed by atoms with Crippen LogP contribution < -0.4 is 14.8 Å². The highest BCUT2D eigenvalue weighted by atomic mass is 16.5. The predicted octanol–water partition coefficient (Wildman–Crippen LogP) is 4.09. The second-order valence-electron chi connectivity index (χ2n) is 5.81. The molecule has 1 amide bonds. The van der Waals surface area contributed by atoms with Crippen LogP contribution in [0.4, 0.5) is 0 Å². The summed E-state index contributed by atoms with van der Waals surface area (Å²) in [5.41, 5.74) is 2.54. The first-order chi connectivity index (χ1) is 12.3. The van der Waals surface area contributed by atoms with Crippen molar-refractivity contribution in [3.63, 3.8) is 0 Å². The minimum atomic E-state index is -0.495. The third-order valence-electron chi connectivity index (χ3n) is 4.07. The molecule has 0 bridgehead atoms. The Morgan fingerprint density at radius 1 is 0.880 bits per heavy atom. The van der Waals surface area contributed by atoms with Gasteiger partial charge in [-0.1, -0.05) is 42.5 Å². The smallest absolute Gasteiger partial charge is 0.258 e. The van der Waals surface area contributed by atoms with E-state index in [-0.39, 0.29) is 5.91 Å². The molecular weight excluding hydrogens is 314 g/mol. The maximum absolute atomic E-state index is 12.2. The molecule has 0 fully saturated rings. The van der Waals surface area contributed by atoms with E-state index in [0.29, 0.717) is 17.9 Å². The average Bonchev–Trinajstić information content (AvgIpc) is 2.68. The lowest BCUT2D eigenvalue weighted by atomic mass is 10.1. The average molecular weight is 331 g/mol. The quantitative estimate of drug-likeness (QED) is 0.783. The van der Waals surface area contributed by atoms with Crippen LogP contribution in [0, 0.1) is 0 Å². The lowest BCUT2D eigenvalue weighted by molar-refractivity contribution is 0.0756. The van der Waals surface area contributed by atoms with Crippen molar-refractivity contribution >= 4 is 5.91 Å². The monoisotopic (exact) mass is 331 g/mol. The standard InChI is InChI=1S/C21H17NO3/c23-20-18-8-4-5-9-19(18)25-21(22-20)16-10-12-17(13-11-16)24-14-15-6-2-1-3-7-15/h1-13,21H,14H2,(H,22,23). The summed E-state index contributed by atoms with van der Waals surface area (Å²) in [6.07, 6.45) is -0.495. The summed E-state index contributed by atoms with van der Waals surface area (Å²) in [5, 5.41) is 2.86. The van der Waals surface area contributed by atoms with Crippen molar-refractivity contribution in [2.24, 2.45) is 0 Å². The molecule has 25 heavy (non-hydrogen) atoms. The first kappa shape index (κ1) is 15.3. The number of hydrogen-bond acceptors (Lipinski definition) is 3. The van der Waals surface area contributed by atoms with E-state index in [2.05, 4.69) is 5.32 Å². The Hall–Kier alpha value is -3.27.